The number of ether oxygens (including phenoxy) is 2. The van der Waals surface area contributed by atoms with Gasteiger partial charge in [0.05, 0.1) is 6.61 Å². The maximum Gasteiger partial charge on any atom is 0.412 e. The monoisotopic (exact) mass is 213 g/mol. The van der Waals surface area contributed by atoms with E-state index < -0.39 is 0 Å². The first-order chi connectivity index (χ1) is 7.31. The van der Waals surface area contributed by atoms with E-state index in [-0.39, 0.29) is 12.4 Å². The van der Waals surface area contributed by atoms with Gasteiger partial charge in [-0.25, -0.2) is 4.79 Å². The number of unbranched alkanes of at least 4 members (excludes halogenated alkanes) is 1. The van der Waals surface area contributed by atoms with Crippen LogP contribution in [0.4, 0.5) is 4.79 Å². The van der Waals surface area contributed by atoms with E-state index in [0.717, 1.165) is 38.6 Å². The molecule has 0 spiro atoms. The van der Waals surface area contributed by atoms with Crippen LogP contribution in [0.5, 0.6) is 0 Å². The molecule has 2 rings (SSSR count). The molecule has 0 aliphatic carbocycles. The Morgan fingerprint density at radius 3 is 3.27 bits per heavy atom. The molecule has 2 fully saturated rings. The number of nitrogens with zero attached hydrogens (tertiary/aromatic N) is 1. The summed E-state index contributed by atoms with van der Waals surface area (Å²) in [6.07, 6.45) is 4.69. The fourth-order valence-electron chi connectivity index (χ4n) is 2.23. The molecule has 2 atom stereocenters. The zero-order valence-electron chi connectivity index (χ0n) is 9.28. The number of cyclic esters (lactones) is 1. The molecule has 4 heteroatoms. The standard InChI is InChI=1S/C11H19NO3/c1-2-3-7-14-10-8-9-5-4-6-12(9)11(13)15-10/h9-10H,2-8H2,1H3/t9-,10+/m1/s1. The second-order valence-corrected chi connectivity index (χ2v) is 4.26. The average molecular weight is 213 g/mol. The van der Waals surface area contributed by atoms with Crippen molar-refractivity contribution in [1.82, 2.24) is 4.90 Å². The van der Waals surface area contributed by atoms with E-state index in [9.17, 15) is 4.79 Å². The predicted octanol–water partition coefficient (Wildman–Crippen LogP) is 2.13. The van der Waals surface area contributed by atoms with Gasteiger partial charge in [0.15, 0.2) is 0 Å². The lowest BCUT2D eigenvalue weighted by Gasteiger charge is -2.33. The molecule has 0 N–H and O–H groups in total. The maximum absolute atomic E-state index is 11.5. The lowest BCUT2D eigenvalue weighted by molar-refractivity contribution is -0.142. The van der Waals surface area contributed by atoms with Crippen molar-refractivity contribution in [3.63, 3.8) is 0 Å². The molecule has 2 aliphatic rings. The van der Waals surface area contributed by atoms with E-state index >= 15 is 0 Å². The third kappa shape index (κ3) is 2.43. The van der Waals surface area contributed by atoms with Crippen molar-refractivity contribution in [2.45, 2.75) is 51.4 Å². The average Bonchev–Trinajstić information content (AvgIpc) is 2.66. The molecule has 0 aromatic carbocycles. The molecule has 0 bridgehead atoms. The summed E-state index contributed by atoms with van der Waals surface area (Å²) >= 11 is 0. The molecule has 0 radical (unpaired) electrons. The zero-order chi connectivity index (χ0) is 10.7. The number of carbonyl (C=O) groups is 1. The number of amides is 1. The van der Waals surface area contributed by atoms with Gasteiger partial charge in [0.25, 0.3) is 0 Å². The third-order valence-electron chi connectivity index (χ3n) is 3.11. The van der Waals surface area contributed by atoms with E-state index in [1.165, 1.54) is 0 Å². The Morgan fingerprint density at radius 2 is 2.47 bits per heavy atom. The van der Waals surface area contributed by atoms with Gasteiger partial charge in [0.1, 0.15) is 0 Å². The Hall–Kier alpha value is -0.770. The van der Waals surface area contributed by atoms with Gasteiger partial charge < -0.3 is 14.4 Å². The first-order valence-corrected chi connectivity index (χ1v) is 5.90. The summed E-state index contributed by atoms with van der Waals surface area (Å²) in [6, 6.07) is 0.359. The van der Waals surface area contributed by atoms with Crippen LogP contribution < -0.4 is 0 Å². The number of hydrogen-bond donors (Lipinski definition) is 0. The molecular formula is C11H19NO3. The quantitative estimate of drug-likeness (QED) is 0.671. The van der Waals surface area contributed by atoms with Crippen molar-refractivity contribution in [2.75, 3.05) is 13.2 Å². The summed E-state index contributed by atoms with van der Waals surface area (Å²) in [5, 5.41) is 0. The predicted molar refractivity (Wildman–Crippen MR) is 55.5 cm³/mol. The van der Waals surface area contributed by atoms with Crippen LogP contribution in [0.25, 0.3) is 0 Å². The van der Waals surface area contributed by atoms with Gasteiger partial charge in [-0.15, -0.1) is 0 Å². The molecule has 0 saturated carbocycles. The van der Waals surface area contributed by atoms with Crippen LogP contribution in [0.15, 0.2) is 0 Å². The topological polar surface area (TPSA) is 38.8 Å². The maximum atomic E-state index is 11.5. The smallest absolute Gasteiger partial charge is 0.412 e. The zero-order valence-corrected chi connectivity index (χ0v) is 9.28. The summed E-state index contributed by atoms with van der Waals surface area (Å²) in [5.41, 5.74) is 0. The lowest BCUT2D eigenvalue weighted by Crippen LogP contribution is -2.46. The van der Waals surface area contributed by atoms with Crippen molar-refractivity contribution in [3.05, 3.63) is 0 Å². The molecule has 4 nitrogen and oxygen atoms in total. The summed E-state index contributed by atoms with van der Waals surface area (Å²) in [7, 11) is 0. The second kappa shape index (κ2) is 4.84. The van der Waals surface area contributed by atoms with Gasteiger partial charge in [-0.05, 0) is 19.3 Å². The normalized spacial score (nSPS) is 30.2. The minimum absolute atomic E-state index is 0.190. The number of hydrogen-bond acceptors (Lipinski definition) is 3. The van der Waals surface area contributed by atoms with Crippen LogP contribution in [0.2, 0.25) is 0 Å². The van der Waals surface area contributed by atoms with Crippen molar-refractivity contribution >= 4 is 6.09 Å². The Morgan fingerprint density at radius 1 is 1.60 bits per heavy atom. The molecular weight excluding hydrogens is 194 g/mol. The molecule has 1 amide bonds. The molecule has 15 heavy (non-hydrogen) atoms. The Balaban J connectivity index is 1.81. The molecule has 0 aromatic rings. The number of carbonyl (C=O) groups excluding carboxylic acids is 1. The molecule has 2 aliphatic heterocycles. The molecule has 86 valence electrons. The highest BCUT2D eigenvalue weighted by Crippen LogP contribution is 2.28. The third-order valence-corrected chi connectivity index (χ3v) is 3.11. The molecule has 0 aromatic heterocycles. The lowest BCUT2D eigenvalue weighted by atomic mass is 10.1. The summed E-state index contributed by atoms with van der Waals surface area (Å²) in [6.45, 7) is 3.67. The van der Waals surface area contributed by atoms with Crippen molar-refractivity contribution in [1.29, 1.82) is 0 Å². The summed E-state index contributed by atoms with van der Waals surface area (Å²) in [5.74, 6) is 0. The van der Waals surface area contributed by atoms with Crippen molar-refractivity contribution in [3.8, 4) is 0 Å². The molecule has 0 unspecified atom stereocenters. The Labute approximate surface area is 90.5 Å². The summed E-state index contributed by atoms with van der Waals surface area (Å²) in [4.78, 5) is 13.4. The van der Waals surface area contributed by atoms with Crippen LogP contribution in [-0.2, 0) is 9.47 Å². The molecule has 2 heterocycles. The summed E-state index contributed by atoms with van der Waals surface area (Å²) < 4.78 is 10.7. The van der Waals surface area contributed by atoms with Gasteiger partial charge in [0, 0.05) is 19.0 Å². The fourth-order valence-corrected chi connectivity index (χ4v) is 2.23. The Kier molecular flexibility index (Phi) is 3.46. The highest BCUT2D eigenvalue weighted by molar-refractivity contribution is 5.69. The largest absolute Gasteiger partial charge is 0.419 e. The van der Waals surface area contributed by atoms with Crippen LogP contribution in [0, 0.1) is 0 Å². The van der Waals surface area contributed by atoms with Crippen LogP contribution >= 0.6 is 0 Å². The van der Waals surface area contributed by atoms with E-state index in [1.807, 2.05) is 4.90 Å². The number of fused-ring (bicyclic) bond motifs is 1. The second-order valence-electron chi connectivity index (χ2n) is 4.26. The first-order valence-electron chi connectivity index (χ1n) is 5.90. The van der Waals surface area contributed by atoms with Gasteiger partial charge in [0.2, 0.25) is 6.29 Å². The fraction of sp³-hybridized carbons (Fsp3) is 0.909. The van der Waals surface area contributed by atoms with Crippen molar-refractivity contribution in [2.24, 2.45) is 0 Å². The first kappa shape index (κ1) is 10.7. The van der Waals surface area contributed by atoms with Gasteiger partial charge in [-0.2, -0.15) is 0 Å². The van der Waals surface area contributed by atoms with Crippen LogP contribution in [0.3, 0.4) is 0 Å². The van der Waals surface area contributed by atoms with E-state index in [0.29, 0.717) is 12.6 Å². The van der Waals surface area contributed by atoms with E-state index in [2.05, 4.69) is 6.92 Å². The highest BCUT2D eigenvalue weighted by Gasteiger charge is 2.38. The minimum atomic E-state index is -0.302. The van der Waals surface area contributed by atoms with E-state index in [4.69, 9.17) is 9.47 Å². The van der Waals surface area contributed by atoms with Crippen LogP contribution in [0.1, 0.15) is 39.0 Å². The van der Waals surface area contributed by atoms with Crippen LogP contribution in [-0.4, -0.2) is 36.5 Å². The van der Waals surface area contributed by atoms with Gasteiger partial charge in [-0.1, -0.05) is 13.3 Å². The highest BCUT2D eigenvalue weighted by atomic mass is 16.7. The van der Waals surface area contributed by atoms with Crippen molar-refractivity contribution < 1.29 is 14.3 Å². The Bertz CT molecular complexity index is 232. The molecule has 2 saturated heterocycles. The number of rotatable bonds is 4. The van der Waals surface area contributed by atoms with E-state index in [1.54, 1.807) is 0 Å². The van der Waals surface area contributed by atoms with Gasteiger partial charge in [-0.3, -0.25) is 0 Å². The SMILES string of the molecule is CCCCO[C@@H]1C[C@H]2CCCN2C(=O)O1. The minimum Gasteiger partial charge on any atom is -0.419 e. The van der Waals surface area contributed by atoms with Gasteiger partial charge >= 0.3 is 6.09 Å².